The third-order valence-electron chi connectivity index (χ3n) is 1.57. The van der Waals surface area contributed by atoms with Crippen LogP contribution < -0.4 is 0 Å². The first-order chi connectivity index (χ1) is 4.66. The lowest BCUT2D eigenvalue weighted by Crippen LogP contribution is -2.25. The van der Waals surface area contributed by atoms with E-state index in [0.29, 0.717) is 0 Å². The quantitative estimate of drug-likeness (QED) is 0.551. The summed E-state index contributed by atoms with van der Waals surface area (Å²) >= 11 is 0. The van der Waals surface area contributed by atoms with Crippen LogP contribution in [0.3, 0.4) is 0 Å². The predicted molar refractivity (Wildman–Crippen MR) is 51.2 cm³/mol. The second-order valence-electron chi connectivity index (χ2n) is 3.51. The van der Waals surface area contributed by atoms with Crippen LogP contribution in [0.2, 0.25) is 5.54 Å². The van der Waals surface area contributed by atoms with Crippen molar-refractivity contribution >= 4 is 9.68 Å². The highest BCUT2D eigenvalue weighted by atomic mass is 28.2. The minimum absolute atomic E-state index is 0.0835. The van der Waals surface area contributed by atoms with Gasteiger partial charge in [0.15, 0.2) is 0 Å². The van der Waals surface area contributed by atoms with Crippen LogP contribution in [-0.4, -0.2) is 27.8 Å². The summed E-state index contributed by atoms with van der Waals surface area (Å²) in [5.41, 5.74) is 0.946. The van der Waals surface area contributed by atoms with Crippen molar-refractivity contribution in [3.8, 4) is 0 Å². The van der Waals surface area contributed by atoms with E-state index in [1.54, 1.807) is 0 Å². The Bertz CT molecular complexity index is 73.7. The lowest BCUT2D eigenvalue weighted by atomic mass is 10.3. The average Bonchev–Trinajstić information content (AvgIpc) is 1.82. The van der Waals surface area contributed by atoms with E-state index in [2.05, 4.69) is 32.4 Å². The number of nitrogens with zero attached hydrogens (tertiary/aromatic N) is 1. The van der Waals surface area contributed by atoms with Crippen molar-refractivity contribution in [2.24, 2.45) is 0 Å². The van der Waals surface area contributed by atoms with Crippen LogP contribution in [-0.2, 0) is 0 Å². The lowest BCUT2D eigenvalue weighted by molar-refractivity contribution is 0.503. The fraction of sp³-hybridized carbons (Fsp3) is 1.00. The van der Waals surface area contributed by atoms with E-state index in [1.165, 1.54) is 19.4 Å². The van der Waals surface area contributed by atoms with Gasteiger partial charge in [-0.1, -0.05) is 27.2 Å². The summed E-state index contributed by atoms with van der Waals surface area (Å²) in [6.07, 6.45) is 2.70. The molecule has 0 heterocycles. The van der Waals surface area contributed by atoms with Crippen molar-refractivity contribution in [2.75, 3.05) is 13.6 Å². The Kier molecular flexibility index (Phi) is 6.03. The van der Waals surface area contributed by atoms with Crippen molar-refractivity contribution in [2.45, 2.75) is 39.2 Å². The molecule has 0 N–H and O–H groups in total. The topological polar surface area (TPSA) is 3.24 Å². The largest absolute Gasteiger partial charge is 0.331 e. The Morgan fingerprint density at radius 2 is 2.00 bits per heavy atom. The van der Waals surface area contributed by atoms with Gasteiger partial charge < -0.3 is 4.57 Å². The van der Waals surface area contributed by atoms with Gasteiger partial charge in [0.25, 0.3) is 0 Å². The zero-order valence-corrected chi connectivity index (χ0v) is 9.27. The Hall–Kier alpha value is 0.177. The Morgan fingerprint density at radius 3 is 2.40 bits per heavy atom. The summed E-state index contributed by atoms with van der Waals surface area (Å²) < 4.78 is 2.55. The van der Waals surface area contributed by atoms with E-state index >= 15 is 0 Å². The summed E-state index contributed by atoms with van der Waals surface area (Å²) in [5, 5.41) is 0. The van der Waals surface area contributed by atoms with Gasteiger partial charge in [0, 0.05) is 0 Å². The maximum atomic E-state index is 2.55. The molecule has 0 unspecified atom stereocenters. The normalized spacial score (nSPS) is 12.6. The van der Waals surface area contributed by atoms with Gasteiger partial charge >= 0.3 is 0 Å². The molecule has 0 atom stereocenters. The highest BCUT2D eigenvalue weighted by Crippen LogP contribution is 2.00. The zero-order chi connectivity index (χ0) is 7.98. The summed E-state index contributed by atoms with van der Waals surface area (Å²) in [4.78, 5) is 0. The van der Waals surface area contributed by atoms with Crippen LogP contribution in [0.15, 0.2) is 0 Å². The SMILES string of the molecule is CCCCN(C)[SiH2]C(C)C. The molecule has 0 aromatic carbocycles. The van der Waals surface area contributed by atoms with Gasteiger partial charge in [-0.15, -0.1) is 0 Å². The molecule has 0 aliphatic rings. The smallest absolute Gasteiger partial charge is 0.0972 e. The molecule has 0 radical (unpaired) electrons. The van der Waals surface area contributed by atoms with Crippen LogP contribution in [0.25, 0.3) is 0 Å². The van der Waals surface area contributed by atoms with E-state index in [-0.39, 0.29) is 9.68 Å². The van der Waals surface area contributed by atoms with Gasteiger partial charge in [0.1, 0.15) is 0 Å². The minimum Gasteiger partial charge on any atom is -0.331 e. The summed E-state index contributed by atoms with van der Waals surface area (Å²) in [5.74, 6) is 0. The van der Waals surface area contributed by atoms with E-state index in [1.807, 2.05) is 0 Å². The standard InChI is InChI=1S/C8H21NSi/c1-5-6-7-9(4)10-8(2)3/h8H,5-7,10H2,1-4H3. The molecule has 0 saturated carbocycles. The first-order valence-corrected chi connectivity index (χ1v) is 5.80. The maximum Gasteiger partial charge on any atom is 0.0972 e. The molecule has 0 aromatic heterocycles. The molecule has 0 saturated heterocycles. The first kappa shape index (κ1) is 10.2. The van der Waals surface area contributed by atoms with Crippen LogP contribution in [0, 0.1) is 0 Å². The highest BCUT2D eigenvalue weighted by Gasteiger charge is 2.00. The Balaban J connectivity index is 3.16. The molecular weight excluding hydrogens is 138 g/mol. The van der Waals surface area contributed by atoms with Gasteiger partial charge in [-0.2, -0.15) is 0 Å². The average molecular weight is 159 g/mol. The molecule has 0 aliphatic heterocycles. The van der Waals surface area contributed by atoms with Crippen molar-refractivity contribution in [3.63, 3.8) is 0 Å². The Labute approximate surface area is 67.7 Å². The number of unbranched alkanes of at least 4 members (excludes halogenated alkanes) is 1. The summed E-state index contributed by atoms with van der Waals surface area (Å²) in [6, 6.07) is 0. The molecule has 0 aliphatic carbocycles. The van der Waals surface area contributed by atoms with Crippen LogP contribution in [0.5, 0.6) is 0 Å². The van der Waals surface area contributed by atoms with E-state index in [9.17, 15) is 0 Å². The van der Waals surface area contributed by atoms with Gasteiger partial charge in [0.2, 0.25) is 0 Å². The second kappa shape index (κ2) is 5.92. The maximum absolute atomic E-state index is 2.55. The molecule has 0 amide bonds. The first-order valence-electron chi connectivity index (χ1n) is 4.35. The third kappa shape index (κ3) is 6.30. The fourth-order valence-electron chi connectivity index (χ4n) is 1.14. The third-order valence-corrected chi connectivity index (χ3v) is 3.24. The van der Waals surface area contributed by atoms with Crippen molar-refractivity contribution in [1.82, 2.24) is 4.57 Å². The Morgan fingerprint density at radius 1 is 1.40 bits per heavy atom. The molecule has 0 bridgehead atoms. The van der Waals surface area contributed by atoms with E-state index in [0.717, 1.165) is 5.54 Å². The van der Waals surface area contributed by atoms with E-state index < -0.39 is 0 Å². The lowest BCUT2D eigenvalue weighted by Gasteiger charge is -2.17. The van der Waals surface area contributed by atoms with Crippen molar-refractivity contribution in [1.29, 1.82) is 0 Å². The summed E-state index contributed by atoms with van der Waals surface area (Å²) in [6.45, 7) is 8.23. The van der Waals surface area contributed by atoms with Crippen LogP contribution in [0.1, 0.15) is 33.6 Å². The number of rotatable bonds is 5. The molecule has 1 nitrogen and oxygen atoms in total. The van der Waals surface area contributed by atoms with Gasteiger partial charge in [-0.25, -0.2) is 0 Å². The highest BCUT2D eigenvalue weighted by molar-refractivity contribution is 6.33. The van der Waals surface area contributed by atoms with Crippen molar-refractivity contribution < 1.29 is 0 Å². The van der Waals surface area contributed by atoms with Crippen LogP contribution >= 0.6 is 0 Å². The number of hydrogen-bond donors (Lipinski definition) is 0. The van der Waals surface area contributed by atoms with Gasteiger partial charge in [-0.3, -0.25) is 0 Å². The zero-order valence-electron chi connectivity index (χ0n) is 7.85. The molecule has 62 valence electrons. The number of hydrogen-bond acceptors (Lipinski definition) is 1. The molecule has 2 heteroatoms. The van der Waals surface area contributed by atoms with Crippen LogP contribution in [0.4, 0.5) is 0 Å². The van der Waals surface area contributed by atoms with Gasteiger partial charge in [0.05, 0.1) is 9.68 Å². The predicted octanol–water partition coefficient (Wildman–Crippen LogP) is 1.63. The summed E-state index contributed by atoms with van der Waals surface area (Å²) in [7, 11) is 2.35. The fourth-order valence-corrected chi connectivity index (χ4v) is 2.80. The molecular formula is C8H21NSi. The van der Waals surface area contributed by atoms with Gasteiger partial charge in [-0.05, 0) is 25.6 Å². The molecule has 0 fully saturated rings. The monoisotopic (exact) mass is 159 g/mol. The second-order valence-corrected chi connectivity index (χ2v) is 6.59. The molecule has 0 spiro atoms. The molecule has 0 aromatic rings. The van der Waals surface area contributed by atoms with E-state index in [4.69, 9.17) is 0 Å². The minimum atomic E-state index is 0.0835. The molecule has 10 heavy (non-hydrogen) atoms. The van der Waals surface area contributed by atoms with Crippen molar-refractivity contribution in [3.05, 3.63) is 0 Å². The molecule has 0 rings (SSSR count).